The first kappa shape index (κ1) is 12.1. The van der Waals surface area contributed by atoms with Crippen LogP contribution in [0.1, 0.15) is 20.3 Å². The lowest BCUT2D eigenvalue weighted by Gasteiger charge is -2.49. The zero-order chi connectivity index (χ0) is 11.9. The molecule has 2 N–H and O–H groups in total. The lowest BCUT2D eigenvalue weighted by atomic mass is 9.64. The zero-order valence-corrected chi connectivity index (χ0v) is 11.5. The molecule has 2 rings (SSSR count). The number of halogens is 2. The van der Waals surface area contributed by atoms with Gasteiger partial charge in [0, 0.05) is 17.7 Å². The lowest BCUT2D eigenvalue weighted by molar-refractivity contribution is -0.0511. The van der Waals surface area contributed by atoms with E-state index in [1.807, 2.05) is 13.8 Å². The average Bonchev–Trinajstić information content (AvgIpc) is 2.21. The van der Waals surface area contributed by atoms with E-state index in [2.05, 4.69) is 26.2 Å². The van der Waals surface area contributed by atoms with Crippen LogP contribution >= 0.6 is 27.5 Å². The van der Waals surface area contributed by atoms with E-state index in [-0.39, 0.29) is 17.6 Å². The molecule has 0 aromatic carbocycles. The van der Waals surface area contributed by atoms with Crippen molar-refractivity contribution in [1.82, 2.24) is 4.98 Å². The maximum atomic E-state index is 9.64. The number of anilines is 1. The zero-order valence-electron chi connectivity index (χ0n) is 9.17. The van der Waals surface area contributed by atoms with Crippen molar-refractivity contribution >= 4 is 33.3 Å². The fourth-order valence-electron chi connectivity index (χ4n) is 1.83. The van der Waals surface area contributed by atoms with Crippen molar-refractivity contribution in [2.75, 3.05) is 5.32 Å². The molecule has 3 nitrogen and oxygen atoms in total. The minimum Gasteiger partial charge on any atom is -0.392 e. The Morgan fingerprint density at radius 2 is 2.31 bits per heavy atom. The molecule has 0 spiro atoms. The Balaban J connectivity index is 2.11. The van der Waals surface area contributed by atoms with Crippen molar-refractivity contribution in [2.45, 2.75) is 32.4 Å². The van der Waals surface area contributed by atoms with Crippen LogP contribution in [0.2, 0.25) is 5.02 Å². The van der Waals surface area contributed by atoms with Crippen molar-refractivity contribution in [3.63, 3.8) is 0 Å². The summed E-state index contributed by atoms with van der Waals surface area (Å²) in [5, 5.41) is 13.6. The second-order valence-electron chi connectivity index (χ2n) is 4.75. The van der Waals surface area contributed by atoms with Crippen LogP contribution in [0.5, 0.6) is 0 Å². The van der Waals surface area contributed by atoms with Gasteiger partial charge in [0.05, 0.1) is 15.6 Å². The van der Waals surface area contributed by atoms with Gasteiger partial charge in [-0.2, -0.15) is 0 Å². The van der Waals surface area contributed by atoms with E-state index in [1.54, 1.807) is 12.3 Å². The van der Waals surface area contributed by atoms with Crippen molar-refractivity contribution in [1.29, 1.82) is 0 Å². The first-order valence-corrected chi connectivity index (χ1v) is 6.34. The van der Waals surface area contributed by atoms with Crippen LogP contribution in [0, 0.1) is 5.41 Å². The van der Waals surface area contributed by atoms with Gasteiger partial charge in [-0.3, -0.25) is 0 Å². The van der Waals surface area contributed by atoms with Crippen LogP contribution in [0.15, 0.2) is 16.7 Å². The molecule has 1 saturated carbocycles. The second kappa shape index (κ2) is 4.17. The molecule has 1 aromatic rings. The summed E-state index contributed by atoms with van der Waals surface area (Å²) in [6.45, 7) is 4.09. The number of nitrogens with zero attached hydrogens (tertiary/aromatic N) is 1. The van der Waals surface area contributed by atoms with Crippen LogP contribution in [0.3, 0.4) is 0 Å². The maximum absolute atomic E-state index is 9.64. The van der Waals surface area contributed by atoms with Gasteiger partial charge in [0.15, 0.2) is 0 Å². The Morgan fingerprint density at radius 1 is 1.62 bits per heavy atom. The summed E-state index contributed by atoms with van der Waals surface area (Å²) in [5.41, 5.74) is -0.110. The van der Waals surface area contributed by atoms with Crippen molar-refractivity contribution in [3.05, 3.63) is 21.8 Å². The van der Waals surface area contributed by atoms with Gasteiger partial charge >= 0.3 is 0 Å². The Morgan fingerprint density at radius 3 is 2.81 bits per heavy atom. The molecule has 1 aliphatic rings. The molecule has 1 heterocycles. The number of aromatic nitrogens is 1. The third-order valence-electron chi connectivity index (χ3n) is 3.33. The fraction of sp³-hybridized carbons (Fsp3) is 0.545. The highest BCUT2D eigenvalue weighted by Gasteiger charge is 2.47. The van der Waals surface area contributed by atoms with Crippen molar-refractivity contribution in [3.8, 4) is 0 Å². The van der Waals surface area contributed by atoms with E-state index in [9.17, 15) is 5.11 Å². The standard InChI is InChI=1S/C11H14BrClN2O/c1-11(2)8(4-9(11)16)15-10-7(12)3-6(13)5-14-10/h3,5,8-9,16H,4H2,1-2H3,(H,14,15). The number of hydrogen-bond acceptors (Lipinski definition) is 3. The molecule has 0 bridgehead atoms. The number of aliphatic hydroxyl groups is 1. The topological polar surface area (TPSA) is 45.1 Å². The largest absolute Gasteiger partial charge is 0.392 e. The predicted molar refractivity (Wildman–Crippen MR) is 68.8 cm³/mol. The molecule has 2 unspecified atom stereocenters. The summed E-state index contributed by atoms with van der Waals surface area (Å²) in [5.74, 6) is 0.773. The van der Waals surface area contributed by atoms with E-state index >= 15 is 0 Å². The number of hydrogen-bond donors (Lipinski definition) is 2. The van der Waals surface area contributed by atoms with E-state index < -0.39 is 0 Å². The number of nitrogens with one attached hydrogen (secondary N) is 1. The average molecular weight is 306 g/mol. The van der Waals surface area contributed by atoms with Gasteiger partial charge in [0.2, 0.25) is 0 Å². The Kier molecular flexibility index (Phi) is 3.16. The van der Waals surface area contributed by atoms with Gasteiger partial charge in [-0.05, 0) is 28.4 Å². The first-order chi connectivity index (χ1) is 7.41. The molecule has 0 radical (unpaired) electrons. The van der Waals surface area contributed by atoms with Gasteiger partial charge in [-0.15, -0.1) is 0 Å². The van der Waals surface area contributed by atoms with Gasteiger partial charge in [0.1, 0.15) is 5.82 Å². The molecule has 5 heteroatoms. The maximum Gasteiger partial charge on any atom is 0.140 e. The highest BCUT2D eigenvalue weighted by Crippen LogP contribution is 2.42. The minimum absolute atomic E-state index is 0.110. The normalized spacial score (nSPS) is 27.3. The molecule has 0 amide bonds. The summed E-state index contributed by atoms with van der Waals surface area (Å²) in [4.78, 5) is 4.22. The van der Waals surface area contributed by atoms with E-state index in [4.69, 9.17) is 11.6 Å². The molecule has 88 valence electrons. The minimum atomic E-state index is -0.240. The quantitative estimate of drug-likeness (QED) is 0.882. The van der Waals surface area contributed by atoms with Gasteiger partial charge in [-0.25, -0.2) is 4.98 Å². The highest BCUT2D eigenvalue weighted by atomic mass is 79.9. The van der Waals surface area contributed by atoms with Crippen molar-refractivity contribution in [2.24, 2.45) is 5.41 Å². The van der Waals surface area contributed by atoms with Crippen LogP contribution in [-0.2, 0) is 0 Å². The van der Waals surface area contributed by atoms with Crippen LogP contribution < -0.4 is 5.32 Å². The molecule has 0 aliphatic heterocycles. The third-order valence-corrected chi connectivity index (χ3v) is 4.15. The Bertz CT molecular complexity index is 411. The second-order valence-corrected chi connectivity index (χ2v) is 6.04. The van der Waals surface area contributed by atoms with Gasteiger partial charge in [0.25, 0.3) is 0 Å². The SMILES string of the molecule is CC1(C)C(O)CC1Nc1ncc(Cl)cc1Br. The predicted octanol–water partition coefficient (Wildman–Crippen LogP) is 3.07. The van der Waals surface area contributed by atoms with Gasteiger partial charge < -0.3 is 10.4 Å². The smallest absolute Gasteiger partial charge is 0.140 e. The van der Waals surface area contributed by atoms with E-state index in [0.717, 1.165) is 16.7 Å². The number of pyridine rings is 1. The van der Waals surface area contributed by atoms with E-state index in [1.165, 1.54) is 0 Å². The number of rotatable bonds is 2. The molecule has 1 aliphatic carbocycles. The van der Waals surface area contributed by atoms with Crippen LogP contribution in [0.25, 0.3) is 0 Å². The molecule has 0 saturated heterocycles. The van der Waals surface area contributed by atoms with Crippen LogP contribution in [-0.4, -0.2) is 22.2 Å². The molecule has 16 heavy (non-hydrogen) atoms. The Labute approximate surface area is 108 Å². The third kappa shape index (κ3) is 2.06. The number of aliphatic hydroxyl groups excluding tert-OH is 1. The molecule has 1 aromatic heterocycles. The molecule has 1 fully saturated rings. The molecular formula is C11H14BrClN2O. The monoisotopic (exact) mass is 304 g/mol. The lowest BCUT2D eigenvalue weighted by Crippen LogP contribution is -2.57. The molecular weight excluding hydrogens is 291 g/mol. The molecule has 2 atom stereocenters. The van der Waals surface area contributed by atoms with Gasteiger partial charge in [-0.1, -0.05) is 25.4 Å². The summed E-state index contributed by atoms with van der Waals surface area (Å²) in [7, 11) is 0. The highest BCUT2D eigenvalue weighted by molar-refractivity contribution is 9.10. The summed E-state index contributed by atoms with van der Waals surface area (Å²) >= 11 is 9.23. The summed E-state index contributed by atoms with van der Waals surface area (Å²) < 4.78 is 0.845. The Hall–Kier alpha value is -0.320. The fourth-order valence-corrected chi connectivity index (χ4v) is 2.59. The van der Waals surface area contributed by atoms with Crippen molar-refractivity contribution < 1.29 is 5.11 Å². The first-order valence-electron chi connectivity index (χ1n) is 5.17. The summed E-state index contributed by atoms with van der Waals surface area (Å²) in [6.07, 6.45) is 2.12. The van der Waals surface area contributed by atoms with Crippen LogP contribution in [0.4, 0.5) is 5.82 Å². The van der Waals surface area contributed by atoms with E-state index in [0.29, 0.717) is 5.02 Å². The summed E-state index contributed by atoms with van der Waals surface area (Å²) in [6, 6.07) is 2.05.